The maximum Gasteiger partial charge on any atom is 0.255 e. The summed E-state index contributed by atoms with van der Waals surface area (Å²) in [7, 11) is -3.94. The van der Waals surface area contributed by atoms with Crippen LogP contribution in [0.15, 0.2) is 41.3 Å². The lowest BCUT2D eigenvalue weighted by Crippen LogP contribution is -2.38. The molecule has 0 heterocycles. The van der Waals surface area contributed by atoms with Crippen LogP contribution in [-0.4, -0.2) is 31.6 Å². The zero-order valence-electron chi connectivity index (χ0n) is 16.0. The first kappa shape index (κ1) is 21.2. The van der Waals surface area contributed by atoms with E-state index < -0.39 is 22.0 Å². The molecule has 1 amide bonds. The van der Waals surface area contributed by atoms with Crippen LogP contribution < -0.4 is 15.8 Å². The van der Waals surface area contributed by atoms with Crippen molar-refractivity contribution in [3.63, 3.8) is 0 Å². The molecule has 9 heteroatoms. The van der Waals surface area contributed by atoms with Crippen molar-refractivity contribution >= 4 is 27.3 Å². The largest absolute Gasteiger partial charge is 0.398 e. The molecule has 3 rings (SSSR count). The van der Waals surface area contributed by atoms with Crippen LogP contribution in [0.5, 0.6) is 0 Å². The third kappa shape index (κ3) is 5.11. The fourth-order valence-corrected chi connectivity index (χ4v) is 4.77. The van der Waals surface area contributed by atoms with Crippen molar-refractivity contribution in [3.8, 4) is 0 Å². The molecule has 7 nitrogen and oxygen atoms in total. The molecule has 2 aromatic carbocycles. The zero-order chi connectivity index (χ0) is 21.2. The summed E-state index contributed by atoms with van der Waals surface area (Å²) in [5.74, 6) is -0.918. The zero-order valence-corrected chi connectivity index (χ0v) is 16.8. The highest BCUT2D eigenvalue weighted by Gasteiger charge is 2.26. The highest BCUT2D eigenvalue weighted by atomic mass is 32.2. The van der Waals surface area contributed by atoms with Crippen LogP contribution in [0.4, 0.5) is 15.8 Å². The van der Waals surface area contributed by atoms with E-state index in [-0.39, 0.29) is 28.0 Å². The van der Waals surface area contributed by atoms with Crippen molar-refractivity contribution in [1.82, 2.24) is 4.72 Å². The van der Waals surface area contributed by atoms with E-state index in [9.17, 15) is 22.7 Å². The molecule has 0 aliphatic heterocycles. The standard InChI is InChI=1S/C20H24FN3O4S/c1-12-10-15(5-8-17(12)21)23-20(26)13-2-9-18(22)19(11-13)29(27,28)24-14-3-6-16(25)7-4-14/h2,5,8-11,14,16,24-25H,3-4,6-7,22H2,1H3,(H,23,26). The number of aryl methyl sites for hydroxylation is 1. The number of sulfonamides is 1. The van der Waals surface area contributed by atoms with E-state index in [0.717, 1.165) is 0 Å². The van der Waals surface area contributed by atoms with Gasteiger partial charge >= 0.3 is 0 Å². The Balaban J connectivity index is 1.79. The topological polar surface area (TPSA) is 122 Å². The predicted octanol–water partition coefficient (Wildman–Crippen LogP) is 2.55. The average Bonchev–Trinajstić information content (AvgIpc) is 2.66. The van der Waals surface area contributed by atoms with E-state index in [1.165, 1.54) is 36.4 Å². The number of rotatable bonds is 5. The number of carbonyl (C=O) groups excluding carboxylic acids is 1. The van der Waals surface area contributed by atoms with Gasteiger partial charge in [0.15, 0.2) is 0 Å². The smallest absolute Gasteiger partial charge is 0.255 e. The molecule has 5 N–H and O–H groups in total. The van der Waals surface area contributed by atoms with Crippen LogP contribution in [0.3, 0.4) is 0 Å². The molecule has 156 valence electrons. The normalized spacial score (nSPS) is 19.7. The molecule has 2 aromatic rings. The van der Waals surface area contributed by atoms with Crippen molar-refractivity contribution in [1.29, 1.82) is 0 Å². The van der Waals surface area contributed by atoms with Crippen LogP contribution in [0.1, 0.15) is 41.6 Å². The third-order valence-corrected chi connectivity index (χ3v) is 6.58. The molecule has 1 saturated carbocycles. The fraction of sp³-hybridized carbons (Fsp3) is 0.350. The third-order valence-electron chi connectivity index (χ3n) is 5.00. The van der Waals surface area contributed by atoms with Crippen molar-refractivity contribution in [2.45, 2.75) is 49.6 Å². The van der Waals surface area contributed by atoms with E-state index in [2.05, 4.69) is 10.0 Å². The number of carbonyl (C=O) groups is 1. The van der Waals surface area contributed by atoms with Crippen molar-refractivity contribution < 1.29 is 22.7 Å². The second-order valence-corrected chi connectivity index (χ2v) is 8.98. The maximum atomic E-state index is 13.4. The molecule has 1 aliphatic carbocycles. The number of nitrogen functional groups attached to an aromatic ring is 1. The summed E-state index contributed by atoms with van der Waals surface area (Å²) >= 11 is 0. The summed E-state index contributed by atoms with van der Waals surface area (Å²) < 4.78 is 41.6. The Morgan fingerprint density at radius 3 is 2.48 bits per heavy atom. The van der Waals surface area contributed by atoms with E-state index in [1.807, 2.05) is 0 Å². The van der Waals surface area contributed by atoms with Crippen LogP contribution in [0, 0.1) is 12.7 Å². The molecule has 1 fully saturated rings. The average molecular weight is 421 g/mol. The first-order valence-electron chi connectivity index (χ1n) is 9.33. The molecule has 0 unspecified atom stereocenters. The summed E-state index contributed by atoms with van der Waals surface area (Å²) in [6.45, 7) is 1.58. The van der Waals surface area contributed by atoms with Gasteiger partial charge in [-0.15, -0.1) is 0 Å². The lowest BCUT2D eigenvalue weighted by molar-refractivity contribution is 0.102. The Bertz CT molecular complexity index is 1020. The van der Waals surface area contributed by atoms with Crippen LogP contribution in [-0.2, 0) is 10.0 Å². The number of aliphatic hydroxyl groups excluding tert-OH is 1. The lowest BCUT2D eigenvalue weighted by Gasteiger charge is -2.26. The number of halogens is 1. The molecule has 0 radical (unpaired) electrons. The first-order chi connectivity index (χ1) is 13.7. The lowest BCUT2D eigenvalue weighted by atomic mass is 9.94. The van der Waals surface area contributed by atoms with Gasteiger partial charge in [0.25, 0.3) is 5.91 Å². The second-order valence-electron chi connectivity index (χ2n) is 7.30. The minimum atomic E-state index is -3.94. The van der Waals surface area contributed by atoms with Crippen LogP contribution in [0.25, 0.3) is 0 Å². The number of anilines is 2. The number of nitrogens with one attached hydrogen (secondary N) is 2. The summed E-state index contributed by atoms with van der Waals surface area (Å²) in [5.41, 5.74) is 6.78. The van der Waals surface area contributed by atoms with Gasteiger partial charge in [0, 0.05) is 17.3 Å². The molecular weight excluding hydrogens is 397 g/mol. The Kier molecular flexibility index (Phi) is 6.21. The van der Waals surface area contributed by atoms with Gasteiger partial charge in [-0.1, -0.05) is 0 Å². The Morgan fingerprint density at radius 2 is 1.83 bits per heavy atom. The number of aliphatic hydroxyl groups is 1. The molecule has 0 atom stereocenters. The monoisotopic (exact) mass is 421 g/mol. The van der Waals surface area contributed by atoms with E-state index >= 15 is 0 Å². The van der Waals surface area contributed by atoms with Crippen molar-refractivity contribution in [2.24, 2.45) is 0 Å². The van der Waals surface area contributed by atoms with Gasteiger partial charge in [0.1, 0.15) is 10.7 Å². The van der Waals surface area contributed by atoms with Gasteiger partial charge in [-0.2, -0.15) is 0 Å². The SMILES string of the molecule is Cc1cc(NC(=O)c2ccc(N)c(S(=O)(=O)NC3CCC(O)CC3)c2)ccc1F. The van der Waals surface area contributed by atoms with Gasteiger partial charge in [-0.05, 0) is 74.6 Å². The number of hydrogen-bond donors (Lipinski definition) is 4. The molecule has 0 saturated heterocycles. The van der Waals surface area contributed by atoms with Crippen LogP contribution >= 0.6 is 0 Å². The van der Waals surface area contributed by atoms with Gasteiger partial charge in [-0.25, -0.2) is 17.5 Å². The fourth-order valence-electron chi connectivity index (χ4n) is 3.31. The van der Waals surface area contributed by atoms with Crippen LogP contribution in [0.2, 0.25) is 0 Å². The van der Waals surface area contributed by atoms with E-state index in [0.29, 0.717) is 36.9 Å². The maximum absolute atomic E-state index is 13.4. The van der Waals surface area contributed by atoms with Gasteiger partial charge in [0.2, 0.25) is 10.0 Å². The first-order valence-corrected chi connectivity index (χ1v) is 10.8. The highest BCUT2D eigenvalue weighted by Crippen LogP contribution is 2.24. The summed E-state index contributed by atoms with van der Waals surface area (Å²) in [6.07, 6.45) is 1.72. The Labute approximate surface area is 169 Å². The molecular formula is C20H24FN3O4S. The molecule has 0 bridgehead atoms. The number of benzene rings is 2. The van der Waals surface area contributed by atoms with Gasteiger partial charge < -0.3 is 16.2 Å². The number of nitrogens with two attached hydrogens (primary N) is 1. The molecule has 29 heavy (non-hydrogen) atoms. The summed E-state index contributed by atoms with van der Waals surface area (Å²) in [4.78, 5) is 12.4. The minimum Gasteiger partial charge on any atom is -0.398 e. The second kappa shape index (κ2) is 8.48. The molecule has 0 spiro atoms. The van der Waals surface area contributed by atoms with Gasteiger partial charge in [-0.3, -0.25) is 4.79 Å². The number of amides is 1. The summed E-state index contributed by atoms with van der Waals surface area (Å²) in [5, 5.41) is 12.2. The van der Waals surface area contributed by atoms with Crippen molar-refractivity contribution in [2.75, 3.05) is 11.1 Å². The number of hydrogen-bond acceptors (Lipinski definition) is 5. The quantitative estimate of drug-likeness (QED) is 0.553. The Morgan fingerprint density at radius 1 is 1.14 bits per heavy atom. The predicted molar refractivity (Wildman–Crippen MR) is 109 cm³/mol. The molecule has 0 aromatic heterocycles. The van der Waals surface area contributed by atoms with E-state index in [1.54, 1.807) is 6.92 Å². The van der Waals surface area contributed by atoms with Gasteiger partial charge in [0.05, 0.1) is 11.8 Å². The van der Waals surface area contributed by atoms with Crippen molar-refractivity contribution in [3.05, 3.63) is 53.3 Å². The molecule has 1 aliphatic rings. The Hall–Kier alpha value is -2.49. The highest BCUT2D eigenvalue weighted by molar-refractivity contribution is 7.89. The van der Waals surface area contributed by atoms with E-state index in [4.69, 9.17) is 5.73 Å². The summed E-state index contributed by atoms with van der Waals surface area (Å²) in [6, 6.07) is 7.88. The minimum absolute atomic E-state index is 0.0301.